The third-order valence-electron chi connectivity index (χ3n) is 7.51. The molecule has 2 atom stereocenters. The van der Waals surface area contributed by atoms with E-state index in [1.54, 1.807) is 65.8 Å². The Morgan fingerprint density at radius 2 is 0.938 bits per heavy atom. The molecule has 0 N–H and O–H groups in total. The van der Waals surface area contributed by atoms with E-state index in [2.05, 4.69) is 57.1 Å². The van der Waals surface area contributed by atoms with Gasteiger partial charge in [0, 0.05) is 23.9 Å². The van der Waals surface area contributed by atoms with Crippen LogP contribution >= 0.6 is 57.1 Å². The van der Waals surface area contributed by atoms with Crippen molar-refractivity contribution in [3.63, 3.8) is 0 Å². The van der Waals surface area contributed by atoms with Crippen LogP contribution in [0.1, 0.15) is 54.4 Å². The number of esters is 4. The number of carbonyl (C=O) groups is 4. The van der Waals surface area contributed by atoms with Gasteiger partial charge in [0.15, 0.2) is 11.5 Å². The number of likely N-dealkylation sites (N-methyl/N-ethyl adjacent to an activating group) is 2. The Kier molecular flexibility index (Phi) is 14.9. The Bertz CT molecular complexity index is 1400. The molecule has 2 unspecified atom stereocenters. The number of fused-ring (bicyclic) bond motifs is 1. The Balaban J connectivity index is 2.34. The minimum atomic E-state index is -1.15. The molecule has 0 aliphatic heterocycles. The van der Waals surface area contributed by atoms with Crippen LogP contribution in [-0.2, 0) is 28.7 Å². The zero-order valence-electron chi connectivity index (χ0n) is 29.4. The van der Waals surface area contributed by atoms with Crippen LogP contribution in [0.5, 0.6) is 11.5 Å². The Morgan fingerprint density at radius 1 is 0.625 bits per heavy atom. The maximum Gasteiger partial charge on any atom is 0.322 e. The van der Waals surface area contributed by atoms with E-state index in [1.807, 2.05) is 38.0 Å². The fraction of sp³-hybridized carbons (Fsp3) is 0.588. The van der Waals surface area contributed by atoms with Gasteiger partial charge < -0.3 is 28.7 Å². The number of nitrogens with zero attached hydrogens (tertiary/aromatic N) is 2. The maximum atomic E-state index is 13.6. The second kappa shape index (κ2) is 16.9. The van der Waals surface area contributed by atoms with Crippen LogP contribution in [0, 0.1) is 10.8 Å². The first-order chi connectivity index (χ1) is 21.9. The van der Waals surface area contributed by atoms with Gasteiger partial charge in [0.1, 0.15) is 21.9 Å². The molecule has 0 saturated carbocycles. The molecular weight excluding hydrogens is 788 g/mol. The highest BCUT2D eigenvalue weighted by atomic mass is 79.9. The molecule has 14 heteroatoms. The van der Waals surface area contributed by atoms with Gasteiger partial charge in [-0.05, 0) is 82.6 Å². The molecule has 0 aliphatic rings. The van der Waals surface area contributed by atoms with E-state index in [0.29, 0.717) is 23.9 Å². The lowest BCUT2D eigenvalue weighted by Crippen LogP contribution is -2.41. The van der Waals surface area contributed by atoms with Gasteiger partial charge in [0.2, 0.25) is 0 Å². The summed E-state index contributed by atoms with van der Waals surface area (Å²) >= 11 is 16.2. The molecule has 2 rings (SSSR count). The Labute approximate surface area is 312 Å². The highest BCUT2D eigenvalue weighted by Crippen LogP contribution is 2.47. The summed E-state index contributed by atoms with van der Waals surface area (Å²) in [5.74, 6) is -1.92. The minimum absolute atomic E-state index is 0.0770. The quantitative estimate of drug-likeness (QED) is 0.0834. The van der Waals surface area contributed by atoms with Crippen LogP contribution < -0.4 is 9.47 Å². The second-order valence-corrected chi connectivity index (χ2v) is 18.5. The van der Waals surface area contributed by atoms with E-state index in [0.717, 1.165) is 0 Å². The number of rotatable bonds is 16. The largest absolute Gasteiger partial charge is 0.463 e. The summed E-state index contributed by atoms with van der Waals surface area (Å²) in [6, 6.07) is 6.94. The Morgan fingerprint density at radius 3 is 1.23 bits per heavy atom. The van der Waals surface area contributed by atoms with E-state index in [-0.39, 0.29) is 47.3 Å². The van der Waals surface area contributed by atoms with E-state index in [9.17, 15) is 19.2 Å². The molecule has 48 heavy (non-hydrogen) atoms. The first kappa shape index (κ1) is 42.3. The molecule has 0 amide bonds. The van der Waals surface area contributed by atoms with Crippen molar-refractivity contribution in [3.05, 3.63) is 24.3 Å². The molecule has 268 valence electrons. The van der Waals surface area contributed by atoms with E-state index >= 15 is 0 Å². The summed E-state index contributed by atoms with van der Waals surface area (Å²) in [5.41, 5.74) is -2.27. The molecular formula is C34H48Br2N2O8S2. The van der Waals surface area contributed by atoms with Crippen molar-refractivity contribution in [3.8, 4) is 11.5 Å². The summed E-state index contributed by atoms with van der Waals surface area (Å²) in [5, 5.41) is 0.925. The normalized spacial score (nSPS) is 14.8. The molecule has 0 saturated heterocycles. The fourth-order valence-electron chi connectivity index (χ4n) is 4.91. The summed E-state index contributed by atoms with van der Waals surface area (Å²) in [4.78, 5) is 57.1. The molecule has 0 spiro atoms. The Hall–Kier alpha value is -1.84. The van der Waals surface area contributed by atoms with Crippen molar-refractivity contribution in [1.82, 2.24) is 9.80 Å². The third kappa shape index (κ3) is 11.3. The smallest absolute Gasteiger partial charge is 0.322 e. The zero-order chi connectivity index (χ0) is 36.8. The SMILES string of the molecule is CN(C)CCOC(=O)C(C)(Br)CC(C)(C)C(=O)Oc1c(S)c(S)c(OC(=O)C(C)(C)CC(C)(Br)C(=O)OCCN(C)C)c2ccccc12. The van der Waals surface area contributed by atoms with Crippen LogP contribution in [0.25, 0.3) is 10.8 Å². The van der Waals surface area contributed by atoms with Crippen molar-refractivity contribution < 1.29 is 38.1 Å². The molecule has 0 heterocycles. The summed E-state index contributed by atoms with van der Waals surface area (Å²) in [7, 11) is 7.51. The lowest BCUT2D eigenvalue weighted by atomic mass is 9.83. The molecule has 0 aromatic heterocycles. The standard InChI is InChI=1S/C34H48Br2N2O8S2/c1-31(2,19-33(5,35)29(41)43-17-15-37(7)8)27(39)45-23-21-13-11-12-14-22(21)24(26(48)25(23)47)46-28(40)32(3,4)20-34(6,36)30(42)44-18-16-38(9)10/h11-14,47-48H,15-20H2,1-10H3. The highest BCUT2D eigenvalue weighted by molar-refractivity contribution is 9.10. The van der Waals surface area contributed by atoms with Crippen molar-refractivity contribution in [2.24, 2.45) is 10.8 Å². The first-order valence-corrected chi connectivity index (χ1v) is 17.8. The highest BCUT2D eigenvalue weighted by Gasteiger charge is 2.44. The van der Waals surface area contributed by atoms with E-state index in [1.165, 1.54) is 0 Å². The number of halogens is 2. The molecule has 0 radical (unpaired) electrons. The van der Waals surface area contributed by atoms with Crippen LogP contribution in [0.15, 0.2) is 34.1 Å². The number of hydrogen-bond donors (Lipinski definition) is 2. The minimum Gasteiger partial charge on any atom is -0.463 e. The number of benzene rings is 2. The summed E-state index contributed by atoms with van der Waals surface area (Å²) in [6.45, 7) is 11.6. The van der Waals surface area contributed by atoms with E-state index < -0.39 is 43.4 Å². The van der Waals surface area contributed by atoms with Gasteiger partial charge in [0.25, 0.3) is 0 Å². The molecule has 10 nitrogen and oxygen atoms in total. The lowest BCUT2D eigenvalue weighted by Gasteiger charge is -2.31. The van der Waals surface area contributed by atoms with Gasteiger partial charge in [-0.2, -0.15) is 0 Å². The predicted octanol–water partition coefficient (Wildman–Crippen LogP) is 6.58. The molecule has 0 bridgehead atoms. The summed E-state index contributed by atoms with van der Waals surface area (Å²) in [6.07, 6.45) is 0.154. The fourth-order valence-corrected chi connectivity index (χ4v) is 7.08. The number of carbonyl (C=O) groups excluding carboxylic acids is 4. The number of alkyl halides is 2. The lowest BCUT2D eigenvalue weighted by molar-refractivity contribution is -0.151. The van der Waals surface area contributed by atoms with Crippen molar-refractivity contribution in [2.75, 3.05) is 54.5 Å². The average molecular weight is 837 g/mol. The van der Waals surface area contributed by atoms with Crippen LogP contribution in [-0.4, -0.2) is 96.8 Å². The van der Waals surface area contributed by atoms with Gasteiger partial charge in [0.05, 0.1) is 20.6 Å². The first-order valence-electron chi connectivity index (χ1n) is 15.4. The average Bonchev–Trinajstić information content (AvgIpc) is 2.95. The monoisotopic (exact) mass is 834 g/mol. The maximum absolute atomic E-state index is 13.6. The van der Waals surface area contributed by atoms with Crippen molar-refractivity contribution in [2.45, 2.75) is 72.8 Å². The predicted molar refractivity (Wildman–Crippen MR) is 200 cm³/mol. The van der Waals surface area contributed by atoms with Crippen LogP contribution in [0.3, 0.4) is 0 Å². The summed E-state index contributed by atoms with van der Waals surface area (Å²) < 4.78 is 20.5. The van der Waals surface area contributed by atoms with Gasteiger partial charge in [-0.1, -0.05) is 56.1 Å². The van der Waals surface area contributed by atoms with E-state index in [4.69, 9.17) is 18.9 Å². The van der Waals surface area contributed by atoms with Gasteiger partial charge in [-0.25, -0.2) is 0 Å². The molecule has 2 aromatic rings. The van der Waals surface area contributed by atoms with Crippen LogP contribution in [0.2, 0.25) is 0 Å². The number of hydrogen-bond acceptors (Lipinski definition) is 12. The topological polar surface area (TPSA) is 112 Å². The van der Waals surface area contributed by atoms with Crippen molar-refractivity contribution in [1.29, 1.82) is 0 Å². The number of ether oxygens (including phenoxy) is 4. The second-order valence-electron chi connectivity index (χ2n) is 14.1. The van der Waals surface area contributed by atoms with Gasteiger partial charge in [-0.15, -0.1) is 25.3 Å². The third-order valence-corrected chi connectivity index (χ3v) is 9.75. The van der Waals surface area contributed by atoms with Crippen molar-refractivity contribution >= 4 is 91.8 Å². The van der Waals surface area contributed by atoms with Gasteiger partial charge in [-0.3, -0.25) is 19.2 Å². The number of thiol groups is 2. The van der Waals surface area contributed by atoms with Crippen LogP contribution in [0.4, 0.5) is 0 Å². The molecule has 0 aliphatic carbocycles. The van der Waals surface area contributed by atoms with Gasteiger partial charge >= 0.3 is 23.9 Å². The zero-order valence-corrected chi connectivity index (χ0v) is 34.3. The molecule has 2 aromatic carbocycles. The molecule has 0 fully saturated rings.